The lowest BCUT2D eigenvalue weighted by atomic mass is 10.2. The highest BCUT2D eigenvalue weighted by Gasteiger charge is 2.07. The summed E-state index contributed by atoms with van der Waals surface area (Å²) in [7, 11) is 0. The van der Waals surface area contributed by atoms with Gasteiger partial charge in [-0.3, -0.25) is 4.79 Å². The fourth-order valence-corrected chi connectivity index (χ4v) is 1.76. The maximum absolute atomic E-state index is 11.4. The van der Waals surface area contributed by atoms with Crippen LogP contribution in [0.3, 0.4) is 0 Å². The minimum absolute atomic E-state index is 0.00676. The van der Waals surface area contributed by atoms with E-state index in [4.69, 9.17) is 10.5 Å². The Labute approximate surface area is 110 Å². The fraction of sp³-hybridized carbons (Fsp3) is 0.417. The van der Waals surface area contributed by atoms with Crippen molar-refractivity contribution in [1.29, 1.82) is 0 Å². The first kappa shape index (κ1) is 14.0. The van der Waals surface area contributed by atoms with Crippen LogP contribution < -0.4 is 15.8 Å². The molecule has 17 heavy (non-hydrogen) atoms. The highest BCUT2D eigenvalue weighted by atomic mass is 79.9. The van der Waals surface area contributed by atoms with E-state index in [-0.39, 0.29) is 18.6 Å². The highest BCUT2D eigenvalue weighted by molar-refractivity contribution is 9.10. The predicted molar refractivity (Wildman–Crippen MR) is 70.8 cm³/mol. The van der Waals surface area contributed by atoms with Crippen LogP contribution in [-0.2, 0) is 11.3 Å². The van der Waals surface area contributed by atoms with Crippen molar-refractivity contribution in [2.75, 3.05) is 6.61 Å². The van der Waals surface area contributed by atoms with E-state index in [1.54, 1.807) is 6.07 Å². The fourth-order valence-electron chi connectivity index (χ4n) is 1.36. The Balaban J connectivity index is 2.60. The minimum Gasteiger partial charge on any atom is -0.483 e. The summed E-state index contributed by atoms with van der Waals surface area (Å²) in [4.78, 5) is 11.4. The first-order valence-corrected chi connectivity index (χ1v) is 6.23. The van der Waals surface area contributed by atoms with Gasteiger partial charge >= 0.3 is 0 Å². The Morgan fingerprint density at radius 3 is 2.82 bits per heavy atom. The second kappa shape index (κ2) is 6.61. The first-order chi connectivity index (χ1) is 8.02. The van der Waals surface area contributed by atoms with Crippen molar-refractivity contribution >= 4 is 21.8 Å². The van der Waals surface area contributed by atoms with Gasteiger partial charge < -0.3 is 15.8 Å². The van der Waals surface area contributed by atoms with Gasteiger partial charge in [0.1, 0.15) is 5.75 Å². The van der Waals surface area contributed by atoms with E-state index in [9.17, 15) is 4.79 Å². The third-order valence-electron chi connectivity index (χ3n) is 2.05. The molecule has 0 aliphatic heterocycles. The van der Waals surface area contributed by atoms with E-state index in [1.807, 2.05) is 26.0 Å². The summed E-state index contributed by atoms with van der Waals surface area (Å²) in [5.74, 6) is 0.514. The number of halogens is 1. The number of carbonyl (C=O) groups is 1. The normalized spacial score (nSPS) is 10.4. The van der Waals surface area contributed by atoms with Crippen LogP contribution >= 0.6 is 15.9 Å². The van der Waals surface area contributed by atoms with Crippen LogP contribution in [0.4, 0.5) is 0 Å². The van der Waals surface area contributed by atoms with Gasteiger partial charge in [-0.15, -0.1) is 0 Å². The quantitative estimate of drug-likeness (QED) is 0.872. The van der Waals surface area contributed by atoms with E-state index in [1.165, 1.54) is 0 Å². The van der Waals surface area contributed by atoms with Crippen LogP contribution in [0.15, 0.2) is 22.7 Å². The molecule has 0 aliphatic rings. The number of ether oxygens (including phenoxy) is 1. The molecule has 1 aromatic rings. The Bertz CT molecular complexity index is 394. The zero-order valence-electron chi connectivity index (χ0n) is 10.00. The number of benzene rings is 1. The maximum Gasteiger partial charge on any atom is 0.258 e. The van der Waals surface area contributed by atoms with Crippen molar-refractivity contribution in [3.05, 3.63) is 28.2 Å². The van der Waals surface area contributed by atoms with Crippen molar-refractivity contribution in [2.45, 2.75) is 26.4 Å². The van der Waals surface area contributed by atoms with Crippen molar-refractivity contribution < 1.29 is 9.53 Å². The minimum atomic E-state index is -0.133. The molecule has 94 valence electrons. The first-order valence-electron chi connectivity index (χ1n) is 5.43. The van der Waals surface area contributed by atoms with Gasteiger partial charge in [0.05, 0.1) is 0 Å². The van der Waals surface area contributed by atoms with Gasteiger partial charge in [0.2, 0.25) is 0 Å². The number of nitrogens with two attached hydrogens (primary N) is 1. The average molecular weight is 301 g/mol. The van der Waals surface area contributed by atoms with E-state index in [0.717, 1.165) is 10.0 Å². The number of hydrogen-bond acceptors (Lipinski definition) is 3. The number of amides is 1. The lowest BCUT2D eigenvalue weighted by molar-refractivity contribution is -0.123. The standard InChI is InChI=1S/C12H17BrN2O2/c1-8(2)15-12(16)7-17-11-4-3-10(13)5-9(11)6-14/h3-5,8H,6-7,14H2,1-2H3,(H,15,16). The Morgan fingerprint density at radius 2 is 2.24 bits per heavy atom. The van der Waals surface area contributed by atoms with E-state index < -0.39 is 0 Å². The molecule has 0 aliphatic carbocycles. The van der Waals surface area contributed by atoms with E-state index in [2.05, 4.69) is 21.2 Å². The zero-order chi connectivity index (χ0) is 12.8. The molecule has 0 spiro atoms. The molecule has 1 rings (SSSR count). The lowest BCUT2D eigenvalue weighted by Gasteiger charge is -2.12. The second-order valence-corrected chi connectivity index (χ2v) is 4.88. The Morgan fingerprint density at radius 1 is 1.53 bits per heavy atom. The van der Waals surface area contributed by atoms with Crippen molar-refractivity contribution in [3.63, 3.8) is 0 Å². The number of nitrogens with one attached hydrogen (secondary N) is 1. The predicted octanol–water partition coefficient (Wildman–Crippen LogP) is 1.81. The molecule has 0 saturated carbocycles. The highest BCUT2D eigenvalue weighted by Crippen LogP contribution is 2.22. The molecule has 0 unspecified atom stereocenters. The summed E-state index contributed by atoms with van der Waals surface area (Å²) in [6.07, 6.45) is 0. The summed E-state index contributed by atoms with van der Waals surface area (Å²) < 4.78 is 6.37. The van der Waals surface area contributed by atoms with Crippen LogP contribution in [0.1, 0.15) is 19.4 Å². The summed E-state index contributed by atoms with van der Waals surface area (Å²) in [5.41, 5.74) is 6.48. The van der Waals surface area contributed by atoms with Gasteiger partial charge in [-0.05, 0) is 32.0 Å². The molecule has 4 nitrogen and oxygen atoms in total. The summed E-state index contributed by atoms with van der Waals surface area (Å²) >= 11 is 3.36. The molecular weight excluding hydrogens is 284 g/mol. The monoisotopic (exact) mass is 300 g/mol. The molecule has 0 atom stereocenters. The van der Waals surface area contributed by atoms with Crippen molar-refractivity contribution in [3.8, 4) is 5.75 Å². The van der Waals surface area contributed by atoms with Crippen LogP contribution in [0.25, 0.3) is 0 Å². The Hall–Kier alpha value is -1.07. The average Bonchev–Trinajstić information content (AvgIpc) is 2.26. The van der Waals surface area contributed by atoms with E-state index in [0.29, 0.717) is 12.3 Å². The largest absolute Gasteiger partial charge is 0.483 e. The molecule has 3 N–H and O–H groups in total. The molecule has 0 fully saturated rings. The third-order valence-corrected chi connectivity index (χ3v) is 2.54. The van der Waals surface area contributed by atoms with Gasteiger partial charge in [0.25, 0.3) is 5.91 Å². The summed E-state index contributed by atoms with van der Waals surface area (Å²) in [6.45, 7) is 4.19. The molecule has 0 aromatic heterocycles. The third kappa shape index (κ3) is 4.75. The molecular formula is C12H17BrN2O2. The van der Waals surface area contributed by atoms with Crippen LogP contribution in [0.5, 0.6) is 5.75 Å². The summed E-state index contributed by atoms with van der Waals surface area (Å²) in [6, 6.07) is 5.66. The lowest BCUT2D eigenvalue weighted by Crippen LogP contribution is -2.34. The zero-order valence-corrected chi connectivity index (χ0v) is 11.6. The van der Waals surface area contributed by atoms with Crippen molar-refractivity contribution in [1.82, 2.24) is 5.32 Å². The smallest absolute Gasteiger partial charge is 0.258 e. The summed E-state index contributed by atoms with van der Waals surface area (Å²) in [5, 5.41) is 2.76. The Kier molecular flexibility index (Phi) is 5.44. The van der Waals surface area contributed by atoms with Gasteiger partial charge in [0.15, 0.2) is 6.61 Å². The molecule has 0 heterocycles. The second-order valence-electron chi connectivity index (χ2n) is 3.97. The topological polar surface area (TPSA) is 64.3 Å². The van der Waals surface area contributed by atoms with Gasteiger partial charge in [-0.2, -0.15) is 0 Å². The number of hydrogen-bond donors (Lipinski definition) is 2. The number of carbonyl (C=O) groups excluding carboxylic acids is 1. The van der Waals surface area contributed by atoms with Gasteiger partial charge in [-0.1, -0.05) is 15.9 Å². The molecule has 5 heteroatoms. The molecule has 0 saturated heterocycles. The van der Waals surface area contributed by atoms with Crippen LogP contribution in [-0.4, -0.2) is 18.6 Å². The van der Waals surface area contributed by atoms with Crippen LogP contribution in [0.2, 0.25) is 0 Å². The van der Waals surface area contributed by atoms with Crippen molar-refractivity contribution in [2.24, 2.45) is 5.73 Å². The van der Waals surface area contributed by atoms with E-state index >= 15 is 0 Å². The SMILES string of the molecule is CC(C)NC(=O)COc1ccc(Br)cc1CN. The molecule has 1 amide bonds. The molecule has 0 radical (unpaired) electrons. The van der Waals surface area contributed by atoms with Crippen LogP contribution in [0, 0.1) is 0 Å². The molecule has 1 aromatic carbocycles. The maximum atomic E-state index is 11.4. The van der Waals surface area contributed by atoms with Gasteiger partial charge in [0, 0.05) is 22.6 Å². The molecule has 0 bridgehead atoms. The van der Waals surface area contributed by atoms with Gasteiger partial charge in [-0.25, -0.2) is 0 Å². The number of rotatable bonds is 5.